The van der Waals surface area contributed by atoms with Crippen molar-refractivity contribution in [3.8, 4) is 12.3 Å². The standard InChI is InChI=1S/C11H12O2/c1-4-5-6-11(12)10-7-8(2)13-9(10)3/h1,7H,5-6H2,2-3H3. The van der Waals surface area contributed by atoms with Gasteiger partial charge in [0.25, 0.3) is 0 Å². The van der Waals surface area contributed by atoms with Gasteiger partial charge in [0.15, 0.2) is 5.78 Å². The number of carbonyl (C=O) groups is 1. The van der Waals surface area contributed by atoms with Crippen molar-refractivity contribution < 1.29 is 9.21 Å². The van der Waals surface area contributed by atoms with Crippen LogP contribution in [0, 0.1) is 26.2 Å². The van der Waals surface area contributed by atoms with E-state index in [2.05, 4.69) is 5.92 Å². The number of hydrogen-bond donors (Lipinski definition) is 0. The maximum atomic E-state index is 11.5. The number of Topliss-reactive ketones (excluding diaryl/α,β-unsaturated/α-hetero) is 1. The SMILES string of the molecule is C#CCCC(=O)c1cc(C)oc1C. The summed E-state index contributed by atoms with van der Waals surface area (Å²) < 4.78 is 5.24. The van der Waals surface area contributed by atoms with Gasteiger partial charge in [-0.1, -0.05) is 0 Å². The van der Waals surface area contributed by atoms with Crippen LogP contribution >= 0.6 is 0 Å². The van der Waals surface area contributed by atoms with E-state index in [1.54, 1.807) is 13.0 Å². The summed E-state index contributed by atoms with van der Waals surface area (Å²) in [6.45, 7) is 3.61. The lowest BCUT2D eigenvalue weighted by Crippen LogP contribution is -1.97. The van der Waals surface area contributed by atoms with Gasteiger partial charge in [0, 0.05) is 12.8 Å². The summed E-state index contributed by atoms with van der Waals surface area (Å²) in [4.78, 5) is 11.5. The van der Waals surface area contributed by atoms with E-state index in [1.165, 1.54) is 0 Å². The lowest BCUT2D eigenvalue weighted by atomic mass is 10.1. The second kappa shape index (κ2) is 3.95. The van der Waals surface area contributed by atoms with E-state index in [1.807, 2.05) is 6.92 Å². The van der Waals surface area contributed by atoms with Gasteiger partial charge in [-0.2, -0.15) is 0 Å². The molecule has 0 saturated heterocycles. The monoisotopic (exact) mass is 176 g/mol. The van der Waals surface area contributed by atoms with Gasteiger partial charge in [-0.05, 0) is 19.9 Å². The second-order valence-electron chi connectivity index (χ2n) is 2.95. The molecule has 0 saturated carbocycles. The number of carbonyl (C=O) groups excluding carboxylic acids is 1. The fraction of sp³-hybridized carbons (Fsp3) is 0.364. The van der Waals surface area contributed by atoms with Gasteiger partial charge in [0.2, 0.25) is 0 Å². The zero-order valence-electron chi connectivity index (χ0n) is 7.89. The molecule has 0 spiro atoms. The number of aryl methyl sites for hydroxylation is 2. The zero-order valence-corrected chi connectivity index (χ0v) is 7.89. The molecule has 68 valence electrons. The van der Waals surface area contributed by atoms with Crippen molar-refractivity contribution in [1.82, 2.24) is 0 Å². The molecular formula is C11H12O2. The Morgan fingerprint density at radius 3 is 2.77 bits per heavy atom. The normalized spacial score (nSPS) is 9.62. The average Bonchev–Trinajstić information content (AvgIpc) is 2.41. The fourth-order valence-electron chi connectivity index (χ4n) is 1.23. The minimum absolute atomic E-state index is 0.0623. The van der Waals surface area contributed by atoms with Crippen molar-refractivity contribution in [2.45, 2.75) is 26.7 Å². The molecule has 2 heteroatoms. The Balaban J connectivity index is 2.78. The molecule has 0 aromatic carbocycles. The molecular weight excluding hydrogens is 164 g/mol. The summed E-state index contributed by atoms with van der Waals surface area (Å²) in [6, 6.07) is 1.76. The Morgan fingerprint density at radius 2 is 2.31 bits per heavy atom. The second-order valence-corrected chi connectivity index (χ2v) is 2.95. The zero-order chi connectivity index (χ0) is 9.84. The van der Waals surface area contributed by atoms with Gasteiger partial charge < -0.3 is 4.42 Å². The first-order valence-electron chi connectivity index (χ1n) is 4.19. The molecule has 0 fully saturated rings. The third-order valence-electron chi connectivity index (χ3n) is 1.84. The quantitative estimate of drug-likeness (QED) is 0.523. The molecule has 0 aliphatic heterocycles. The Labute approximate surface area is 77.9 Å². The van der Waals surface area contributed by atoms with E-state index in [-0.39, 0.29) is 5.78 Å². The van der Waals surface area contributed by atoms with Crippen LogP contribution in [-0.2, 0) is 0 Å². The molecule has 0 atom stereocenters. The van der Waals surface area contributed by atoms with Gasteiger partial charge >= 0.3 is 0 Å². The predicted molar refractivity (Wildman–Crippen MR) is 50.6 cm³/mol. The summed E-state index contributed by atoms with van der Waals surface area (Å²) in [5.74, 6) is 3.95. The van der Waals surface area contributed by atoms with E-state index < -0.39 is 0 Å². The number of hydrogen-bond acceptors (Lipinski definition) is 2. The van der Waals surface area contributed by atoms with Crippen LogP contribution in [0.1, 0.15) is 34.7 Å². The maximum absolute atomic E-state index is 11.5. The molecule has 1 aromatic heterocycles. The minimum atomic E-state index is 0.0623. The Morgan fingerprint density at radius 1 is 1.62 bits per heavy atom. The van der Waals surface area contributed by atoms with E-state index in [9.17, 15) is 4.79 Å². The van der Waals surface area contributed by atoms with E-state index in [4.69, 9.17) is 10.8 Å². The Kier molecular flexibility index (Phi) is 2.92. The Bertz CT molecular complexity index is 353. The fourth-order valence-corrected chi connectivity index (χ4v) is 1.23. The molecule has 0 aliphatic carbocycles. The largest absolute Gasteiger partial charge is 0.466 e. The molecule has 1 heterocycles. The van der Waals surface area contributed by atoms with Crippen LogP contribution in [0.4, 0.5) is 0 Å². The van der Waals surface area contributed by atoms with Crippen LogP contribution < -0.4 is 0 Å². The van der Waals surface area contributed by atoms with E-state index in [0.717, 1.165) is 5.76 Å². The number of furan rings is 1. The van der Waals surface area contributed by atoms with Crippen LogP contribution in [0.5, 0.6) is 0 Å². The van der Waals surface area contributed by atoms with Gasteiger partial charge in [-0.3, -0.25) is 4.79 Å². The smallest absolute Gasteiger partial charge is 0.167 e. The first-order valence-corrected chi connectivity index (χ1v) is 4.19. The number of terminal acetylenes is 1. The highest BCUT2D eigenvalue weighted by Crippen LogP contribution is 2.15. The van der Waals surface area contributed by atoms with Crippen molar-refractivity contribution in [2.75, 3.05) is 0 Å². The van der Waals surface area contributed by atoms with Crippen LogP contribution in [0.3, 0.4) is 0 Å². The van der Waals surface area contributed by atoms with E-state index >= 15 is 0 Å². The van der Waals surface area contributed by atoms with Crippen molar-refractivity contribution in [3.63, 3.8) is 0 Å². The minimum Gasteiger partial charge on any atom is -0.466 e. The van der Waals surface area contributed by atoms with Crippen molar-refractivity contribution in [3.05, 3.63) is 23.2 Å². The number of rotatable bonds is 3. The molecule has 1 rings (SSSR count). The first-order chi connectivity index (χ1) is 6.15. The van der Waals surface area contributed by atoms with Crippen LogP contribution in [0.2, 0.25) is 0 Å². The topological polar surface area (TPSA) is 30.2 Å². The van der Waals surface area contributed by atoms with E-state index in [0.29, 0.717) is 24.2 Å². The highest BCUT2D eigenvalue weighted by atomic mass is 16.3. The lowest BCUT2D eigenvalue weighted by molar-refractivity contribution is 0.0983. The number of ketones is 1. The summed E-state index contributed by atoms with van der Waals surface area (Å²) in [5.41, 5.74) is 0.660. The Hall–Kier alpha value is -1.49. The predicted octanol–water partition coefficient (Wildman–Crippen LogP) is 2.49. The molecule has 1 aromatic rings. The van der Waals surface area contributed by atoms with Gasteiger partial charge in [-0.15, -0.1) is 12.3 Å². The lowest BCUT2D eigenvalue weighted by Gasteiger charge is -1.93. The first kappa shape index (κ1) is 9.60. The van der Waals surface area contributed by atoms with Crippen LogP contribution in [-0.4, -0.2) is 5.78 Å². The van der Waals surface area contributed by atoms with Crippen molar-refractivity contribution in [1.29, 1.82) is 0 Å². The average molecular weight is 176 g/mol. The molecule has 0 N–H and O–H groups in total. The molecule has 2 nitrogen and oxygen atoms in total. The molecule has 0 unspecified atom stereocenters. The summed E-state index contributed by atoms with van der Waals surface area (Å²) in [5, 5.41) is 0. The third-order valence-corrected chi connectivity index (χ3v) is 1.84. The third kappa shape index (κ3) is 2.22. The summed E-state index contributed by atoms with van der Waals surface area (Å²) in [6.07, 6.45) is 5.96. The molecule has 0 radical (unpaired) electrons. The van der Waals surface area contributed by atoms with Crippen molar-refractivity contribution in [2.24, 2.45) is 0 Å². The van der Waals surface area contributed by atoms with Gasteiger partial charge in [0.1, 0.15) is 11.5 Å². The highest BCUT2D eigenvalue weighted by Gasteiger charge is 2.12. The van der Waals surface area contributed by atoms with Gasteiger partial charge in [0.05, 0.1) is 5.56 Å². The molecule has 0 amide bonds. The maximum Gasteiger partial charge on any atom is 0.167 e. The molecule has 13 heavy (non-hydrogen) atoms. The van der Waals surface area contributed by atoms with Crippen molar-refractivity contribution >= 4 is 5.78 Å². The van der Waals surface area contributed by atoms with Crippen LogP contribution in [0.15, 0.2) is 10.5 Å². The highest BCUT2D eigenvalue weighted by molar-refractivity contribution is 5.97. The molecule has 0 aliphatic rings. The van der Waals surface area contributed by atoms with Crippen LogP contribution in [0.25, 0.3) is 0 Å². The summed E-state index contributed by atoms with van der Waals surface area (Å²) in [7, 11) is 0. The van der Waals surface area contributed by atoms with Gasteiger partial charge in [-0.25, -0.2) is 0 Å². The molecule has 0 bridgehead atoms. The summed E-state index contributed by atoms with van der Waals surface area (Å²) >= 11 is 0.